The molecular weight excluding hydrogens is 404 g/mol. The first-order valence-corrected chi connectivity index (χ1v) is 10.1. The van der Waals surface area contributed by atoms with Gasteiger partial charge in [-0.15, -0.1) is 0 Å². The van der Waals surface area contributed by atoms with Gasteiger partial charge in [-0.3, -0.25) is 9.58 Å². The summed E-state index contributed by atoms with van der Waals surface area (Å²) in [6, 6.07) is 1.85. The number of ether oxygens (including phenoxy) is 3. The SMILES string of the molecule is CCOC(=O)N(CCCOC)c1c(C(O)OCC)oc2ncc(-c3cnn(C)c3)cc12. The fourth-order valence-electron chi connectivity index (χ4n) is 3.26. The maximum atomic E-state index is 12.8. The quantitative estimate of drug-likeness (QED) is 0.384. The second kappa shape index (κ2) is 10.4. The Morgan fingerprint density at radius 3 is 2.74 bits per heavy atom. The molecule has 168 valence electrons. The van der Waals surface area contributed by atoms with Crippen molar-refractivity contribution in [3.05, 3.63) is 30.4 Å². The maximum Gasteiger partial charge on any atom is 0.414 e. The van der Waals surface area contributed by atoms with Crippen LogP contribution in [0.25, 0.3) is 22.2 Å². The number of rotatable bonds is 10. The minimum Gasteiger partial charge on any atom is -0.449 e. The average Bonchev–Trinajstić information content (AvgIpc) is 3.35. The van der Waals surface area contributed by atoms with Gasteiger partial charge in [-0.1, -0.05) is 0 Å². The summed E-state index contributed by atoms with van der Waals surface area (Å²) in [6.07, 6.45) is 3.87. The normalized spacial score (nSPS) is 12.3. The van der Waals surface area contributed by atoms with E-state index in [1.165, 1.54) is 4.90 Å². The highest BCUT2D eigenvalue weighted by molar-refractivity contribution is 6.01. The Morgan fingerprint density at radius 1 is 1.29 bits per heavy atom. The number of methoxy groups -OCH3 is 1. The van der Waals surface area contributed by atoms with Crippen molar-refractivity contribution in [3.8, 4) is 11.1 Å². The smallest absolute Gasteiger partial charge is 0.414 e. The molecule has 0 bridgehead atoms. The van der Waals surface area contributed by atoms with E-state index in [-0.39, 0.29) is 24.7 Å². The number of pyridine rings is 1. The van der Waals surface area contributed by atoms with Gasteiger partial charge in [-0.2, -0.15) is 5.10 Å². The third-order valence-corrected chi connectivity index (χ3v) is 4.62. The number of hydrogen-bond donors (Lipinski definition) is 1. The van der Waals surface area contributed by atoms with Gasteiger partial charge in [0.2, 0.25) is 12.0 Å². The second-order valence-electron chi connectivity index (χ2n) is 6.80. The molecule has 3 heterocycles. The first-order chi connectivity index (χ1) is 15.0. The number of amides is 1. The van der Waals surface area contributed by atoms with Gasteiger partial charge in [-0.05, 0) is 26.3 Å². The van der Waals surface area contributed by atoms with Crippen LogP contribution in [0.15, 0.2) is 29.1 Å². The van der Waals surface area contributed by atoms with Crippen molar-refractivity contribution in [1.82, 2.24) is 14.8 Å². The lowest BCUT2D eigenvalue weighted by Crippen LogP contribution is -2.34. The molecule has 3 rings (SSSR count). The van der Waals surface area contributed by atoms with Crippen molar-refractivity contribution in [2.24, 2.45) is 7.05 Å². The third-order valence-electron chi connectivity index (χ3n) is 4.62. The van der Waals surface area contributed by atoms with E-state index < -0.39 is 12.4 Å². The van der Waals surface area contributed by atoms with E-state index >= 15 is 0 Å². The van der Waals surface area contributed by atoms with E-state index in [0.29, 0.717) is 30.6 Å². The van der Waals surface area contributed by atoms with Crippen molar-refractivity contribution in [1.29, 1.82) is 0 Å². The maximum absolute atomic E-state index is 12.8. The highest BCUT2D eigenvalue weighted by Gasteiger charge is 2.30. The van der Waals surface area contributed by atoms with Crippen molar-refractivity contribution < 1.29 is 28.5 Å². The number of aliphatic hydroxyl groups is 1. The second-order valence-corrected chi connectivity index (χ2v) is 6.80. The summed E-state index contributed by atoms with van der Waals surface area (Å²) in [5.41, 5.74) is 2.29. The minimum atomic E-state index is -1.37. The number of hydrogen-bond acceptors (Lipinski definition) is 8. The van der Waals surface area contributed by atoms with E-state index in [1.54, 1.807) is 38.0 Å². The van der Waals surface area contributed by atoms with Gasteiger partial charge < -0.3 is 23.7 Å². The number of aryl methyl sites for hydroxylation is 1. The summed E-state index contributed by atoms with van der Waals surface area (Å²) < 4.78 is 23.3. The molecule has 0 aliphatic heterocycles. The minimum absolute atomic E-state index is 0.0955. The number of furan rings is 1. The Kier molecular flexibility index (Phi) is 7.61. The Bertz CT molecular complexity index is 1010. The molecule has 0 spiro atoms. The van der Waals surface area contributed by atoms with Crippen molar-refractivity contribution in [3.63, 3.8) is 0 Å². The average molecular weight is 432 g/mol. The molecule has 0 saturated carbocycles. The first kappa shape index (κ1) is 22.7. The van der Waals surface area contributed by atoms with Crippen molar-refractivity contribution in [2.75, 3.05) is 38.4 Å². The van der Waals surface area contributed by atoms with Crippen molar-refractivity contribution >= 4 is 22.9 Å². The van der Waals surface area contributed by atoms with Gasteiger partial charge in [0, 0.05) is 57.4 Å². The van der Waals surface area contributed by atoms with Crippen LogP contribution in [0.4, 0.5) is 10.5 Å². The van der Waals surface area contributed by atoms with Crippen LogP contribution in [0.2, 0.25) is 0 Å². The van der Waals surface area contributed by atoms with Crippen LogP contribution in [0.3, 0.4) is 0 Å². The third kappa shape index (κ3) is 5.04. The van der Waals surface area contributed by atoms with Gasteiger partial charge in [0.15, 0.2) is 5.76 Å². The topological polar surface area (TPSA) is 112 Å². The molecule has 0 saturated heterocycles. The van der Waals surface area contributed by atoms with E-state index in [1.807, 2.05) is 19.3 Å². The lowest BCUT2D eigenvalue weighted by molar-refractivity contribution is -0.109. The number of carbonyl (C=O) groups excluding carboxylic acids is 1. The van der Waals surface area contributed by atoms with Crippen LogP contribution in [-0.2, 0) is 21.3 Å². The predicted molar refractivity (Wildman–Crippen MR) is 114 cm³/mol. The van der Waals surface area contributed by atoms with E-state index in [2.05, 4.69) is 10.1 Å². The van der Waals surface area contributed by atoms with Crippen LogP contribution in [0.5, 0.6) is 0 Å². The summed E-state index contributed by atoms with van der Waals surface area (Å²) in [5, 5.41) is 15.3. The number of carbonyl (C=O) groups is 1. The lowest BCUT2D eigenvalue weighted by Gasteiger charge is -2.23. The van der Waals surface area contributed by atoms with E-state index in [9.17, 15) is 9.90 Å². The molecule has 1 unspecified atom stereocenters. The zero-order valence-electron chi connectivity index (χ0n) is 18.2. The van der Waals surface area contributed by atoms with Crippen molar-refractivity contribution in [2.45, 2.75) is 26.6 Å². The first-order valence-electron chi connectivity index (χ1n) is 10.1. The molecule has 10 nitrogen and oxygen atoms in total. The molecule has 0 aliphatic carbocycles. The zero-order chi connectivity index (χ0) is 22.4. The number of fused-ring (bicyclic) bond motifs is 1. The molecule has 3 aromatic heterocycles. The number of nitrogens with zero attached hydrogens (tertiary/aromatic N) is 4. The van der Waals surface area contributed by atoms with Gasteiger partial charge in [0.25, 0.3) is 0 Å². The Labute approximate surface area is 180 Å². The molecule has 0 aliphatic rings. The molecular formula is C21H28N4O6. The Balaban J connectivity index is 2.16. The molecule has 3 aromatic rings. The number of aromatic nitrogens is 3. The largest absolute Gasteiger partial charge is 0.449 e. The number of anilines is 1. The Morgan fingerprint density at radius 2 is 2.10 bits per heavy atom. The van der Waals surface area contributed by atoms with Crippen LogP contribution in [-0.4, -0.2) is 59.4 Å². The molecule has 0 fully saturated rings. The van der Waals surface area contributed by atoms with Crippen LogP contribution in [0, 0.1) is 0 Å². The summed E-state index contributed by atoms with van der Waals surface area (Å²) in [4.78, 5) is 18.7. The molecule has 1 N–H and O–H groups in total. The highest BCUT2D eigenvalue weighted by Crippen LogP contribution is 2.39. The monoisotopic (exact) mass is 432 g/mol. The fourth-order valence-corrected chi connectivity index (χ4v) is 3.26. The van der Waals surface area contributed by atoms with E-state index in [0.717, 1.165) is 11.1 Å². The Hall–Kier alpha value is -2.95. The molecule has 0 aromatic carbocycles. The molecule has 1 atom stereocenters. The summed E-state index contributed by atoms with van der Waals surface area (Å²) >= 11 is 0. The lowest BCUT2D eigenvalue weighted by atomic mass is 10.1. The summed E-state index contributed by atoms with van der Waals surface area (Å²) in [5.74, 6) is 0.0955. The van der Waals surface area contributed by atoms with Gasteiger partial charge in [0.05, 0.1) is 18.2 Å². The summed E-state index contributed by atoms with van der Waals surface area (Å²) in [6.45, 7) is 4.70. The van der Waals surface area contributed by atoms with E-state index in [4.69, 9.17) is 18.6 Å². The van der Waals surface area contributed by atoms with Gasteiger partial charge in [-0.25, -0.2) is 9.78 Å². The molecule has 0 radical (unpaired) electrons. The van der Waals surface area contributed by atoms with Gasteiger partial charge >= 0.3 is 6.09 Å². The van der Waals surface area contributed by atoms with Crippen LogP contribution >= 0.6 is 0 Å². The van der Waals surface area contributed by atoms with Crippen LogP contribution < -0.4 is 4.90 Å². The molecule has 31 heavy (non-hydrogen) atoms. The zero-order valence-corrected chi connectivity index (χ0v) is 18.2. The summed E-state index contributed by atoms with van der Waals surface area (Å²) in [7, 11) is 3.42. The molecule has 1 amide bonds. The molecule has 10 heteroatoms. The standard InChI is InChI=1S/C21H28N4O6/c1-5-29-20(26)18-17(25(8-7-9-28-4)21(27)30-6-2)16-10-14(11-22-19(16)31-18)15-12-23-24(3)13-15/h10-13,20,26H,5-9H2,1-4H3. The number of aliphatic hydroxyl groups excluding tert-OH is 1. The van der Waals surface area contributed by atoms with Gasteiger partial charge in [0.1, 0.15) is 5.69 Å². The van der Waals surface area contributed by atoms with Crippen LogP contribution in [0.1, 0.15) is 32.3 Å². The predicted octanol–water partition coefficient (Wildman–Crippen LogP) is 3.26. The fraction of sp³-hybridized carbons (Fsp3) is 0.476. The highest BCUT2D eigenvalue weighted by atomic mass is 16.6.